The third-order valence-corrected chi connectivity index (χ3v) is 13.5. The highest BCUT2D eigenvalue weighted by molar-refractivity contribution is 6.00. The normalized spacial score (nSPS) is 13.1. The average Bonchev–Trinajstić information content (AvgIpc) is 4.13. The molecule has 0 radical (unpaired) electrons. The van der Waals surface area contributed by atoms with E-state index in [1.807, 2.05) is 24.3 Å². The van der Waals surface area contributed by atoms with E-state index < -0.39 is 0 Å². The van der Waals surface area contributed by atoms with Crippen molar-refractivity contribution >= 4 is 46.4 Å². The van der Waals surface area contributed by atoms with Crippen LogP contribution in [0.5, 0.6) is 0 Å². The number of benzene rings is 4. The van der Waals surface area contributed by atoms with E-state index in [0.29, 0.717) is 0 Å². The molecule has 6 nitrogen and oxygen atoms in total. The maximum atomic E-state index is 10.4. The third kappa shape index (κ3) is 9.08. The zero-order valence-electron chi connectivity index (χ0n) is 41.9. The number of rotatable bonds is 6. The number of nitrogens with one attached hydrogen (secondary N) is 2. The molecular formula is C62H66N4O2. The van der Waals surface area contributed by atoms with Gasteiger partial charge in [-0.25, -0.2) is 9.97 Å². The van der Waals surface area contributed by atoms with Gasteiger partial charge in [0.2, 0.25) is 0 Å². The molecule has 4 N–H and O–H groups in total. The molecule has 0 saturated heterocycles. The van der Waals surface area contributed by atoms with Crippen LogP contribution in [0.4, 0.5) is 0 Å². The highest BCUT2D eigenvalue weighted by atomic mass is 16.3. The van der Waals surface area contributed by atoms with Crippen molar-refractivity contribution in [3.63, 3.8) is 0 Å². The van der Waals surface area contributed by atoms with Gasteiger partial charge in [0.25, 0.3) is 0 Å². The minimum Gasteiger partial charge on any atom is -0.392 e. The second-order valence-electron chi connectivity index (χ2n) is 22.8. The maximum Gasteiger partial charge on any atom is 0.0737 e. The van der Waals surface area contributed by atoms with E-state index in [4.69, 9.17) is 9.97 Å². The van der Waals surface area contributed by atoms with E-state index in [2.05, 4.69) is 202 Å². The summed E-state index contributed by atoms with van der Waals surface area (Å²) in [6.07, 6.45) is 8.56. The Morgan fingerprint density at radius 3 is 0.897 bits per heavy atom. The zero-order valence-corrected chi connectivity index (χ0v) is 41.9. The molecule has 2 aliphatic heterocycles. The molecule has 9 rings (SSSR count). The van der Waals surface area contributed by atoms with Gasteiger partial charge in [-0.05, 0) is 138 Å². The molecule has 4 aromatic carbocycles. The first-order chi connectivity index (χ1) is 32.1. The van der Waals surface area contributed by atoms with Crippen molar-refractivity contribution in [3.8, 4) is 44.5 Å². The summed E-state index contributed by atoms with van der Waals surface area (Å²) in [6.45, 7) is 27.1. The van der Waals surface area contributed by atoms with Gasteiger partial charge in [-0.2, -0.15) is 0 Å². The molecule has 68 heavy (non-hydrogen) atoms. The number of aliphatic hydroxyl groups is 2. The Bertz CT molecular complexity index is 3060. The number of hydrogen-bond donors (Lipinski definition) is 4. The Morgan fingerprint density at radius 1 is 0.353 bits per heavy atom. The largest absolute Gasteiger partial charge is 0.392 e. The fourth-order valence-electron chi connectivity index (χ4n) is 9.35. The number of nitrogens with zero attached hydrogens (tertiary/aromatic N) is 2. The van der Waals surface area contributed by atoms with Crippen molar-refractivity contribution in [2.45, 2.75) is 118 Å². The van der Waals surface area contributed by atoms with E-state index in [1.165, 1.54) is 22.3 Å². The zero-order chi connectivity index (χ0) is 48.5. The SMILES string of the molecule is CC(C)(C)c1cc(-c2c3nc(c(-c4cccc(CO)c4)c4ccc([nH]4)c(-c4cc(C(C)(C)C)cc(C(C)(C)C)c4)c4nc(c(-c5cccc(CO)c5)c5ccc2[nH]5)C=C4)C=C3)cc(C(C)(C)C)c1. The first kappa shape index (κ1) is 46.5. The minimum absolute atomic E-state index is 0.0729. The number of aromatic amines is 2. The van der Waals surface area contributed by atoms with Gasteiger partial charge in [0.1, 0.15) is 0 Å². The molecule has 3 aromatic heterocycles. The summed E-state index contributed by atoms with van der Waals surface area (Å²) in [5.74, 6) is 0. The summed E-state index contributed by atoms with van der Waals surface area (Å²) in [7, 11) is 0. The van der Waals surface area contributed by atoms with Gasteiger partial charge >= 0.3 is 0 Å². The second kappa shape index (κ2) is 17.2. The molecule has 0 unspecified atom stereocenters. The number of H-pyrrole nitrogens is 2. The molecule has 346 valence electrons. The first-order valence-electron chi connectivity index (χ1n) is 24.0. The van der Waals surface area contributed by atoms with Crippen molar-refractivity contribution in [1.82, 2.24) is 19.9 Å². The summed E-state index contributed by atoms with van der Waals surface area (Å²) in [6, 6.07) is 39.0. The molecule has 0 aliphatic carbocycles. The first-order valence-corrected chi connectivity index (χ1v) is 24.0. The van der Waals surface area contributed by atoms with E-state index in [1.54, 1.807) is 0 Å². The van der Waals surface area contributed by atoms with Crippen molar-refractivity contribution in [1.29, 1.82) is 0 Å². The molecule has 0 fully saturated rings. The van der Waals surface area contributed by atoms with Crippen LogP contribution in [-0.2, 0) is 34.9 Å². The number of fused-ring (bicyclic) bond motifs is 8. The van der Waals surface area contributed by atoms with Gasteiger partial charge in [-0.3, -0.25) is 0 Å². The number of aliphatic hydroxyl groups excluding tert-OH is 2. The predicted octanol–water partition coefficient (Wildman–Crippen LogP) is 15.5. The average molecular weight is 899 g/mol. The van der Waals surface area contributed by atoms with Gasteiger partial charge in [-0.15, -0.1) is 0 Å². The summed E-state index contributed by atoms with van der Waals surface area (Å²) >= 11 is 0. The van der Waals surface area contributed by atoms with Crippen LogP contribution in [0, 0.1) is 0 Å². The summed E-state index contributed by atoms with van der Waals surface area (Å²) in [4.78, 5) is 19.1. The van der Waals surface area contributed by atoms with Gasteiger partial charge in [-0.1, -0.05) is 156 Å². The Balaban J connectivity index is 1.50. The lowest BCUT2D eigenvalue weighted by molar-refractivity contribution is 0.281. The Kier molecular flexibility index (Phi) is 11.7. The standard InChI is InChI=1S/C62H66N4O2/c1-59(2,3)43-29-41(30-44(33-43)60(4,5)6)57-51-23-19-47(63-51)55(39-17-13-15-37(27-39)35-67)49-21-25-53(65-49)58(42-31-45(61(7,8)9)34-46(32-42)62(10,11)12)54-26-22-50(66-54)56(48-20-24-52(57)64-48)40-18-14-16-38(28-40)36-68/h13-34,63,66-68H,35-36H2,1-12H3. The van der Waals surface area contributed by atoms with Gasteiger partial charge in [0.15, 0.2) is 0 Å². The van der Waals surface area contributed by atoms with Gasteiger partial charge in [0.05, 0.1) is 36.0 Å². The Morgan fingerprint density at radius 2 is 0.632 bits per heavy atom. The molecule has 2 aliphatic rings. The quantitative estimate of drug-likeness (QED) is 0.134. The second-order valence-corrected chi connectivity index (χ2v) is 22.8. The molecule has 0 saturated carbocycles. The van der Waals surface area contributed by atoms with Crippen molar-refractivity contribution in [2.24, 2.45) is 0 Å². The molecule has 6 heteroatoms. The fourth-order valence-corrected chi connectivity index (χ4v) is 9.35. The summed E-state index contributed by atoms with van der Waals surface area (Å²) in [5.41, 5.74) is 21.1. The number of hydrogen-bond acceptors (Lipinski definition) is 4. The van der Waals surface area contributed by atoms with Crippen LogP contribution in [-0.4, -0.2) is 30.1 Å². The lowest BCUT2D eigenvalue weighted by atomic mass is 9.78. The molecule has 5 heterocycles. The topological polar surface area (TPSA) is 97.8 Å². The third-order valence-electron chi connectivity index (χ3n) is 13.5. The lowest BCUT2D eigenvalue weighted by Crippen LogP contribution is -2.16. The molecule has 7 aromatic rings. The Labute approximate surface area is 402 Å². The lowest BCUT2D eigenvalue weighted by Gasteiger charge is -2.26. The molecule has 0 amide bonds. The van der Waals surface area contributed by atoms with Crippen molar-refractivity contribution in [3.05, 3.63) is 165 Å². The van der Waals surface area contributed by atoms with Crippen molar-refractivity contribution < 1.29 is 10.2 Å². The van der Waals surface area contributed by atoms with Crippen LogP contribution in [0.25, 0.3) is 90.9 Å². The predicted molar refractivity (Wildman–Crippen MR) is 287 cm³/mol. The van der Waals surface area contributed by atoms with Crippen LogP contribution < -0.4 is 0 Å². The van der Waals surface area contributed by atoms with E-state index in [9.17, 15) is 10.2 Å². The van der Waals surface area contributed by atoms with Crippen LogP contribution in [0.1, 0.15) is 139 Å². The van der Waals surface area contributed by atoms with E-state index >= 15 is 0 Å². The van der Waals surface area contributed by atoms with Gasteiger partial charge < -0.3 is 20.2 Å². The maximum absolute atomic E-state index is 10.4. The van der Waals surface area contributed by atoms with Crippen molar-refractivity contribution in [2.75, 3.05) is 0 Å². The van der Waals surface area contributed by atoms with Gasteiger partial charge in [0, 0.05) is 44.3 Å². The monoisotopic (exact) mass is 899 g/mol. The Hall–Kier alpha value is -6.60. The smallest absolute Gasteiger partial charge is 0.0737 e. The van der Waals surface area contributed by atoms with Crippen LogP contribution in [0.2, 0.25) is 0 Å². The molecule has 0 atom stereocenters. The summed E-state index contributed by atoms with van der Waals surface area (Å²) in [5, 5.41) is 20.8. The number of aromatic nitrogens is 4. The molecular weight excluding hydrogens is 833 g/mol. The minimum atomic E-state index is -0.109. The fraction of sp³-hybridized carbons (Fsp3) is 0.290. The summed E-state index contributed by atoms with van der Waals surface area (Å²) < 4.78 is 0. The highest BCUT2D eigenvalue weighted by Crippen LogP contribution is 2.42. The van der Waals surface area contributed by atoms with Crippen LogP contribution in [0.15, 0.2) is 109 Å². The van der Waals surface area contributed by atoms with Crippen LogP contribution in [0.3, 0.4) is 0 Å². The molecule has 0 spiro atoms. The van der Waals surface area contributed by atoms with Crippen LogP contribution >= 0.6 is 0 Å². The van der Waals surface area contributed by atoms with E-state index in [0.717, 1.165) is 100 Å². The highest BCUT2D eigenvalue weighted by Gasteiger charge is 2.26. The molecule has 8 bridgehead atoms. The van der Waals surface area contributed by atoms with E-state index in [-0.39, 0.29) is 34.9 Å².